The van der Waals surface area contributed by atoms with Gasteiger partial charge in [-0.25, -0.2) is 0 Å². The number of hydrogen-bond acceptors (Lipinski definition) is 2. The fourth-order valence-electron chi connectivity index (χ4n) is 2.18. The van der Waals surface area contributed by atoms with Gasteiger partial charge in [0.15, 0.2) is 0 Å². The highest BCUT2D eigenvalue weighted by Crippen LogP contribution is 2.30. The van der Waals surface area contributed by atoms with E-state index in [1.54, 1.807) is 6.07 Å². The Morgan fingerprint density at radius 2 is 2.16 bits per heavy atom. The van der Waals surface area contributed by atoms with Crippen molar-refractivity contribution in [3.05, 3.63) is 24.0 Å². The molecule has 0 saturated heterocycles. The summed E-state index contributed by atoms with van der Waals surface area (Å²) >= 11 is 0. The summed E-state index contributed by atoms with van der Waals surface area (Å²) in [6.07, 6.45) is 4.04. The van der Waals surface area contributed by atoms with Gasteiger partial charge in [0.25, 0.3) is 5.91 Å². The summed E-state index contributed by atoms with van der Waals surface area (Å²) in [4.78, 5) is 24.8. The van der Waals surface area contributed by atoms with Crippen molar-refractivity contribution in [1.29, 1.82) is 0 Å². The minimum Gasteiger partial charge on any atom is -0.480 e. The van der Waals surface area contributed by atoms with E-state index in [2.05, 4.69) is 0 Å². The van der Waals surface area contributed by atoms with Crippen molar-refractivity contribution in [2.45, 2.75) is 32.7 Å². The number of carbonyl (C=O) groups excluding carboxylic acids is 1. The van der Waals surface area contributed by atoms with Gasteiger partial charge >= 0.3 is 5.97 Å². The van der Waals surface area contributed by atoms with Crippen LogP contribution in [-0.2, 0) is 4.79 Å². The maximum absolute atomic E-state index is 12.5. The second-order valence-corrected chi connectivity index (χ2v) is 5.42. The third-order valence-corrected chi connectivity index (χ3v) is 3.34. The maximum atomic E-state index is 12.5. The van der Waals surface area contributed by atoms with E-state index in [0.717, 1.165) is 12.8 Å². The van der Waals surface area contributed by atoms with Crippen LogP contribution in [0.25, 0.3) is 0 Å². The van der Waals surface area contributed by atoms with Gasteiger partial charge in [-0.3, -0.25) is 9.59 Å². The maximum Gasteiger partial charge on any atom is 0.323 e. The lowest BCUT2D eigenvalue weighted by molar-refractivity contribution is -0.137. The Bertz CT molecular complexity index is 475. The van der Waals surface area contributed by atoms with Gasteiger partial charge in [-0.2, -0.15) is 0 Å². The smallest absolute Gasteiger partial charge is 0.323 e. The molecule has 0 spiro atoms. The molecule has 1 aromatic heterocycles. The summed E-state index contributed by atoms with van der Waals surface area (Å²) in [5.74, 6) is -0.671. The molecule has 0 unspecified atom stereocenters. The van der Waals surface area contributed by atoms with Gasteiger partial charge in [-0.1, -0.05) is 0 Å². The number of amides is 1. The van der Waals surface area contributed by atoms with E-state index in [4.69, 9.17) is 5.11 Å². The Morgan fingerprint density at radius 1 is 1.47 bits per heavy atom. The summed E-state index contributed by atoms with van der Waals surface area (Å²) in [7, 11) is 0. The molecule has 1 amide bonds. The summed E-state index contributed by atoms with van der Waals surface area (Å²) in [5, 5.41) is 8.94. The molecule has 0 aliphatic heterocycles. The highest BCUT2D eigenvalue weighted by molar-refractivity contribution is 5.94. The molecule has 19 heavy (non-hydrogen) atoms. The first-order valence-corrected chi connectivity index (χ1v) is 6.67. The molecule has 1 aliphatic carbocycles. The molecule has 0 radical (unpaired) electrons. The Balaban J connectivity index is 2.16. The lowest BCUT2D eigenvalue weighted by Crippen LogP contribution is -2.38. The van der Waals surface area contributed by atoms with Crippen LogP contribution in [0.2, 0.25) is 0 Å². The predicted molar refractivity (Wildman–Crippen MR) is 71.1 cm³/mol. The van der Waals surface area contributed by atoms with Crippen LogP contribution < -0.4 is 0 Å². The predicted octanol–water partition coefficient (Wildman–Crippen LogP) is 2.01. The molecule has 1 fully saturated rings. The average Bonchev–Trinajstić information content (AvgIpc) is 3.00. The highest BCUT2D eigenvalue weighted by atomic mass is 16.4. The van der Waals surface area contributed by atoms with E-state index in [0.29, 0.717) is 18.2 Å². The van der Waals surface area contributed by atoms with Crippen LogP contribution in [0, 0.1) is 5.92 Å². The van der Waals surface area contributed by atoms with E-state index in [-0.39, 0.29) is 18.5 Å². The van der Waals surface area contributed by atoms with Gasteiger partial charge < -0.3 is 14.6 Å². The third kappa shape index (κ3) is 3.36. The summed E-state index contributed by atoms with van der Waals surface area (Å²) in [6, 6.07) is 3.76. The molecule has 0 atom stereocenters. The first-order chi connectivity index (χ1) is 8.99. The first-order valence-electron chi connectivity index (χ1n) is 6.67. The summed E-state index contributed by atoms with van der Waals surface area (Å²) < 4.78 is 1.88. The van der Waals surface area contributed by atoms with Gasteiger partial charge in [0.2, 0.25) is 0 Å². The molecule has 104 valence electrons. The largest absolute Gasteiger partial charge is 0.480 e. The lowest BCUT2D eigenvalue weighted by Gasteiger charge is -2.22. The van der Waals surface area contributed by atoms with Crippen molar-refractivity contribution in [3.8, 4) is 0 Å². The van der Waals surface area contributed by atoms with Crippen molar-refractivity contribution in [3.63, 3.8) is 0 Å². The van der Waals surface area contributed by atoms with Gasteiger partial charge in [0.05, 0.1) is 0 Å². The molecule has 1 N–H and O–H groups in total. The highest BCUT2D eigenvalue weighted by Gasteiger charge is 2.29. The Morgan fingerprint density at radius 3 is 2.68 bits per heavy atom. The molecule has 2 rings (SSSR count). The van der Waals surface area contributed by atoms with Crippen molar-refractivity contribution in [2.75, 3.05) is 13.1 Å². The molecule has 5 nitrogen and oxygen atoms in total. The van der Waals surface area contributed by atoms with Crippen molar-refractivity contribution >= 4 is 11.9 Å². The van der Waals surface area contributed by atoms with E-state index < -0.39 is 5.97 Å². The molecular formula is C14H20N2O3. The van der Waals surface area contributed by atoms with Crippen LogP contribution in [0.3, 0.4) is 0 Å². The first kappa shape index (κ1) is 13.6. The van der Waals surface area contributed by atoms with Crippen molar-refractivity contribution < 1.29 is 14.7 Å². The molecule has 1 heterocycles. The van der Waals surface area contributed by atoms with Gasteiger partial charge in [0, 0.05) is 18.8 Å². The zero-order valence-electron chi connectivity index (χ0n) is 11.4. The molecular weight excluding hydrogens is 244 g/mol. The lowest BCUT2D eigenvalue weighted by atomic mass is 10.3. The van der Waals surface area contributed by atoms with Crippen LogP contribution in [0.1, 0.15) is 43.2 Å². The number of carboxylic acid groups (broad SMARTS) is 1. The standard InChI is InChI=1S/C14H20N2O3/c1-10(2)16-7-3-4-12(16)14(19)15(9-13(17)18)8-11-5-6-11/h3-4,7,10-11H,5-6,8-9H2,1-2H3,(H,17,18). The Kier molecular flexibility index (Phi) is 3.93. The van der Waals surface area contributed by atoms with Gasteiger partial charge in [-0.15, -0.1) is 0 Å². The second-order valence-electron chi connectivity index (χ2n) is 5.42. The zero-order valence-corrected chi connectivity index (χ0v) is 11.4. The quantitative estimate of drug-likeness (QED) is 0.854. The van der Waals surface area contributed by atoms with E-state index in [9.17, 15) is 9.59 Å². The van der Waals surface area contributed by atoms with Gasteiger partial charge in [-0.05, 0) is 44.7 Å². The fraction of sp³-hybridized carbons (Fsp3) is 0.571. The molecule has 0 aromatic carbocycles. The minimum absolute atomic E-state index is 0.182. The zero-order chi connectivity index (χ0) is 14.0. The van der Waals surface area contributed by atoms with Crippen molar-refractivity contribution in [2.24, 2.45) is 5.92 Å². The van der Waals surface area contributed by atoms with Crippen LogP contribution in [0.5, 0.6) is 0 Å². The van der Waals surface area contributed by atoms with E-state index in [1.165, 1.54) is 4.90 Å². The topological polar surface area (TPSA) is 62.5 Å². The number of rotatable bonds is 6. The Labute approximate surface area is 112 Å². The number of aromatic nitrogens is 1. The molecule has 5 heteroatoms. The van der Waals surface area contributed by atoms with E-state index >= 15 is 0 Å². The van der Waals surface area contributed by atoms with Crippen LogP contribution in [0.4, 0.5) is 0 Å². The van der Waals surface area contributed by atoms with E-state index in [1.807, 2.05) is 30.7 Å². The third-order valence-electron chi connectivity index (χ3n) is 3.34. The van der Waals surface area contributed by atoms with Crippen LogP contribution in [0.15, 0.2) is 18.3 Å². The van der Waals surface area contributed by atoms with Crippen LogP contribution >= 0.6 is 0 Å². The average molecular weight is 264 g/mol. The number of aliphatic carboxylic acids is 1. The molecule has 1 saturated carbocycles. The molecule has 0 bridgehead atoms. The molecule has 1 aromatic rings. The summed E-state index contributed by atoms with van der Waals surface area (Å²) in [5.41, 5.74) is 0.567. The molecule has 1 aliphatic rings. The second kappa shape index (κ2) is 5.47. The fourth-order valence-corrected chi connectivity index (χ4v) is 2.18. The minimum atomic E-state index is -0.961. The number of carboxylic acids is 1. The Hall–Kier alpha value is -1.78. The SMILES string of the molecule is CC(C)n1cccc1C(=O)N(CC(=O)O)CC1CC1. The monoisotopic (exact) mass is 264 g/mol. The van der Waals surface area contributed by atoms with Gasteiger partial charge in [0.1, 0.15) is 12.2 Å². The number of carbonyl (C=O) groups is 2. The summed E-state index contributed by atoms with van der Waals surface area (Å²) in [6.45, 7) is 4.32. The normalized spacial score (nSPS) is 14.7. The van der Waals surface area contributed by atoms with Crippen molar-refractivity contribution in [1.82, 2.24) is 9.47 Å². The van der Waals surface area contributed by atoms with Crippen LogP contribution in [-0.4, -0.2) is 39.5 Å². The number of hydrogen-bond donors (Lipinski definition) is 1. The number of nitrogens with zero attached hydrogens (tertiary/aromatic N) is 2.